The summed E-state index contributed by atoms with van der Waals surface area (Å²) in [4.78, 5) is 17.1. The topological polar surface area (TPSA) is 79.4 Å². The standard InChI is InChI=1S/C25H20FN3O3S/c26-23-11-8-19(16-22(23)24-21-5-2-1-4-17(21)12-13-27-24)28-25(30)18-6-9-20(10-7-18)29-14-3-15-33(29,31)32/h1-2,4-13,16H,3,14-15H2,(H,28,30). The smallest absolute Gasteiger partial charge is 0.255 e. The van der Waals surface area contributed by atoms with E-state index >= 15 is 0 Å². The molecule has 0 spiro atoms. The molecule has 1 N–H and O–H groups in total. The number of halogens is 1. The molecule has 1 aliphatic heterocycles. The number of fused-ring (bicyclic) bond motifs is 1. The van der Waals surface area contributed by atoms with Crippen LogP contribution in [-0.2, 0) is 10.0 Å². The average molecular weight is 462 g/mol. The lowest BCUT2D eigenvalue weighted by molar-refractivity contribution is 0.102. The van der Waals surface area contributed by atoms with E-state index in [1.165, 1.54) is 16.4 Å². The van der Waals surface area contributed by atoms with Gasteiger partial charge in [-0.1, -0.05) is 24.3 Å². The van der Waals surface area contributed by atoms with E-state index < -0.39 is 15.8 Å². The molecular formula is C25H20FN3O3S. The van der Waals surface area contributed by atoms with Crippen molar-refractivity contribution in [3.8, 4) is 11.3 Å². The highest BCUT2D eigenvalue weighted by atomic mass is 32.2. The van der Waals surface area contributed by atoms with Gasteiger partial charge in [-0.05, 0) is 60.3 Å². The third-order valence-corrected chi connectivity index (χ3v) is 7.54. The summed E-state index contributed by atoms with van der Waals surface area (Å²) in [6.45, 7) is 0.439. The molecule has 1 aliphatic rings. The third-order valence-electron chi connectivity index (χ3n) is 5.67. The molecule has 0 bridgehead atoms. The van der Waals surface area contributed by atoms with Crippen LogP contribution in [0.15, 0.2) is 79.0 Å². The fourth-order valence-corrected chi connectivity index (χ4v) is 5.60. The summed E-state index contributed by atoms with van der Waals surface area (Å²) in [5, 5.41) is 4.54. The Labute approximate surface area is 190 Å². The van der Waals surface area contributed by atoms with Crippen molar-refractivity contribution in [3.63, 3.8) is 0 Å². The molecule has 0 atom stereocenters. The SMILES string of the molecule is O=C(Nc1ccc(F)c(-c2nccc3ccccc23)c1)c1ccc(N2CCCS2(=O)=O)cc1. The van der Waals surface area contributed by atoms with E-state index in [0.717, 1.165) is 10.8 Å². The molecule has 2 heterocycles. The van der Waals surface area contributed by atoms with Gasteiger partial charge in [0.2, 0.25) is 10.0 Å². The summed E-state index contributed by atoms with van der Waals surface area (Å²) < 4.78 is 40.2. The summed E-state index contributed by atoms with van der Waals surface area (Å²) >= 11 is 0. The van der Waals surface area contributed by atoms with Crippen molar-refractivity contribution in [2.75, 3.05) is 21.9 Å². The Balaban J connectivity index is 1.40. The molecule has 3 aromatic carbocycles. The number of carbonyl (C=O) groups excluding carboxylic acids is 1. The van der Waals surface area contributed by atoms with Crippen molar-refractivity contribution in [3.05, 3.63) is 90.4 Å². The van der Waals surface area contributed by atoms with Gasteiger partial charge in [-0.15, -0.1) is 0 Å². The van der Waals surface area contributed by atoms with Crippen molar-refractivity contribution in [1.29, 1.82) is 0 Å². The summed E-state index contributed by atoms with van der Waals surface area (Å²) in [7, 11) is -3.28. The minimum absolute atomic E-state index is 0.133. The van der Waals surface area contributed by atoms with E-state index in [1.54, 1.807) is 36.5 Å². The van der Waals surface area contributed by atoms with E-state index in [1.807, 2.05) is 30.3 Å². The van der Waals surface area contributed by atoms with Gasteiger partial charge in [0, 0.05) is 34.9 Å². The van der Waals surface area contributed by atoms with Crippen LogP contribution in [-0.4, -0.2) is 31.6 Å². The van der Waals surface area contributed by atoms with Crippen LogP contribution >= 0.6 is 0 Å². The molecule has 0 unspecified atom stereocenters. The molecular weight excluding hydrogens is 441 g/mol. The molecule has 6 nitrogen and oxygen atoms in total. The highest BCUT2D eigenvalue weighted by molar-refractivity contribution is 7.93. The molecule has 5 rings (SSSR count). The molecule has 1 saturated heterocycles. The molecule has 0 aliphatic carbocycles. The number of carbonyl (C=O) groups is 1. The Hall–Kier alpha value is -3.78. The minimum Gasteiger partial charge on any atom is -0.322 e. The molecule has 166 valence electrons. The van der Waals surface area contributed by atoms with Crippen LogP contribution in [0.4, 0.5) is 15.8 Å². The zero-order valence-corrected chi connectivity index (χ0v) is 18.3. The number of benzene rings is 3. The summed E-state index contributed by atoms with van der Waals surface area (Å²) in [6.07, 6.45) is 2.22. The highest BCUT2D eigenvalue weighted by Crippen LogP contribution is 2.31. The number of rotatable bonds is 4. The zero-order chi connectivity index (χ0) is 23.0. The van der Waals surface area contributed by atoms with Gasteiger partial charge in [-0.2, -0.15) is 0 Å². The Morgan fingerprint density at radius 3 is 2.55 bits per heavy atom. The van der Waals surface area contributed by atoms with E-state index in [-0.39, 0.29) is 11.7 Å². The van der Waals surface area contributed by atoms with Crippen molar-refractivity contribution in [1.82, 2.24) is 4.98 Å². The number of anilines is 2. The summed E-state index contributed by atoms with van der Waals surface area (Å²) in [5.41, 5.74) is 2.12. The average Bonchev–Trinajstić information content (AvgIpc) is 3.19. The Kier molecular flexibility index (Phi) is 5.30. The number of amides is 1. The third kappa shape index (κ3) is 4.05. The van der Waals surface area contributed by atoms with E-state index in [4.69, 9.17) is 0 Å². The van der Waals surface area contributed by atoms with Gasteiger partial charge in [0.1, 0.15) is 5.82 Å². The minimum atomic E-state index is -3.28. The fourth-order valence-electron chi connectivity index (χ4n) is 4.03. The molecule has 8 heteroatoms. The largest absolute Gasteiger partial charge is 0.322 e. The Morgan fingerprint density at radius 2 is 1.79 bits per heavy atom. The first kappa shape index (κ1) is 21.1. The van der Waals surface area contributed by atoms with Gasteiger partial charge in [0.05, 0.1) is 17.1 Å². The number of hydrogen-bond donors (Lipinski definition) is 1. The van der Waals surface area contributed by atoms with Crippen molar-refractivity contribution < 1.29 is 17.6 Å². The number of pyridine rings is 1. The molecule has 1 amide bonds. The second-order valence-corrected chi connectivity index (χ2v) is 9.83. The van der Waals surface area contributed by atoms with Crippen molar-refractivity contribution >= 4 is 38.1 Å². The second-order valence-electron chi connectivity index (χ2n) is 7.82. The quantitative estimate of drug-likeness (QED) is 0.472. The first-order valence-corrected chi connectivity index (χ1v) is 12.1. The maximum absolute atomic E-state index is 14.7. The number of nitrogens with one attached hydrogen (secondary N) is 1. The van der Waals surface area contributed by atoms with Gasteiger partial charge in [-0.3, -0.25) is 14.1 Å². The summed E-state index contributed by atoms with van der Waals surface area (Å²) in [6, 6.07) is 20.2. The van der Waals surface area contributed by atoms with Gasteiger partial charge >= 0.3 is 0 Å². The van der Waals surface area contributed by atoms with Crippen LogP contribution in [0.5, 0.6) is 0 Å². The Bertz CT molecular complexity index is 1470. The van der Waals surface area contributed by atoms with Gasteiger partial charge in [0.15, 0.2) is 0 Å². The van der Waals surface area contributed by atoms with Crippen LogP contribution in [0.2, 0.25) is 0 Å². The predicted octanol–water partition coefficient (Wildman–Crippen LogP) is 4.83. The molecule has 4 aromatic rings. The van der Waals surface area contributed by atoms with E-state index in [0.29, 0.717) is 41.2 Å². The predicted molar refractivity (Wildman–Crippen MR) is 127 cm³/mol. The number of aromatic nitrogens is 1. The van der Waals surface area contributed by atoms with Gasteiger partial charge in [0.25, 0.3) is 5.91 Å². The summed E-state index contributed by atoms with van der Waals surface area (Å²) in [5.74, 6) is -0.685. The monoisotopic (exact) mass is 461 g/mol. The Morgan fingerprint density at radius 1 is 1.00 bits per heavy atom. The van der Waals surface area contributed by atoms with Gasteiger partial charge < -0.3 is 5.32 Å². The first-order valence-electron chi connectivity index (χ1n) is 10.5. The molecule has 1 fully saturated rings. The molecule has 0 saturated carbocycles. The maximum atomic E-state index is 14.7. The second kappa shape index (κ2) is 8.29. The van der Waals surface area contributed by atoms with Crippen LogP contribution in [0.25, 0.3) is 22.0 Å². The van der Waals surface area contributed by atoms with Crippen LogP contribution in [0.1, 0.15) is 16.8 Å². The molecule has 1 aromatic heterocycles. The number of nitrogens with zero attached hydrogens (tertiary/aromatic N) is 2. The van der Waals surface area contributed by atoms with Crippen molar-refractivity contribution in [2.24, 2.45) is 0 Å². The van der Waals surface area contributed by atoms with Crippen molar-refractivity contribution in [2.45, 2.75) is 6.42 Å². The van der Waals surface area contributed by atoms with E-state index in [2.05, 4.69) is 10.3 Å². The first-order chi connectivity index (χ1) is 15.9. The fraction of sp³-hybridized carbons (Fsp3) is 0.120. The maximum Gasteiger partial charge on any atom is 0.255 e. The van der Waals surface area contributed by atoms with Crippen LogP contribution in [0, 0.1) is 5.82 Å². The lowest BCUT2D eigenvalue weighted by atomic mass is 10.0. The molecule has 33 heavy (non-hydrogen) atoms. The normalized spacial score (nSPS) is 15.0. The lowest BCUT2D eigenvalue weighted by Crippen LogP contribution is -2.25. The van der Waals surface area contributed by atoms with E-state index in [9.17, 15) is 17.6 Å². The molecule has 0 radical (unpaired) electrons. The lowest BCUT2D eigenvalue weighted by Gasteiger charge is -2.17. The van der Waals surface area contributed by atoms with Gasteiger partial charge in [-0.25, -0.2) is 12.8 Å². The number of hydrogen-bond acceptors (Lipinski definition) is 4. The zero-order valence-electron chi connectivity index (χ0n) is 17.5. The highest BCUT2D eigenvalue weighted by Gasteiger charge is 2.28. The van der Waals surface area contributed by atoms with Crippen LogP contribution < -0.4 is 9.62 Å². The van der Waals surface area contributed by atoms with Crippen LogP contribution in [0.3, 0.4) is 0 Å². The number of sulfonamides is 1.